The molecule has 0 saturated heterocycles. The second kappa shape index (κ2) is 14.8. The van der Waals surface area contributed by atoms with Crippen molar-refractivity contribution < 1.29 is 0 Å². The normalized spacial score (nSPS) is 11.5. The van der Waals surface area contributed by atoms with Gasteiger partial charge in [0.25, 0.3) is 0 Å². The van der Waals surface area contributed by atoms with Gasteiger partial charge in [0.15, 0.2) is 0 Å². The van der Waals surface area contributed by atoms with Crippen LogP contribution in [0.15, 0.2) is 237 Å². The van der Waals surface area contributed by atoms with Crippen molar-refractivity contribution in [2.45, 2.75) is 0 Å². The molecule has 0 saturated carbocycles. The Morgan fingerprint density at radius 1 is 0.290 bits per heavy atom. The fourth-order valence-corrected chi connectivity index (χ4v) is 9.78. The molecule has 0 radical (unpaired) electrons. The summed E-state index contributed by atoms with van der Waals surface area (Å²) in [5.41, 5.74) is 15.3. The fourth-order valence-electron chi connectivity index (χ4n) is 9.78. The highest BCUT2D eigenvalue weighted by Gasteiger charge is 2.20. The standard InChI is InChI=1S/C60H40N2/c1-3-17-43(18-4-1)58-51-24-9-11-26-53(51)59(54-27-12-10-25-52(54)58)44-34-36-45(37-35-44)61-46-38-55(42-32-30-41(31-33-42)49-28-15-19-40-16-7-8-22-48(40)49)60-56(39-46)50-23-13-14-29-57(50)62(60)47-20-5-2-6-21-47/h1-39,61H. The van der Waals surface area contributed by atoms with E-state index in [0.29, 0.717) is 0 Å². The summed E-state index contributed by atoms with van der Waals surface area (Å²) >= 11 is 0. The molecule has 11 aromatic carbocycles. The minimum Gasteiger partial charge on any atom is -0.355 e. The van der Waals surface area contributed by atoms with Gasteiger partial charge in [-0.2, -0.15) is 0 Å². The van der Waals surface area contributed by atoms with Crippen LogP contribution < -0.4 is 5.32 Å². The first-order valence-electron chi connectivity index (χ1n) is 21.3. The quantitative estimate of drug-likeness (QED) is 0.159. The first-order chi connectivity index (χ1) is 30.8. The zero-order valence-electron chi connectivity index (χ0n) is 34.0. The summed E-state index contributed by atoms with van der Waals surface area (Å²) in [6.07, 6.45) is 0. The van der Waals surface area contributed by atoms with E-state index in [1.54, 1.807) is 0 Å². The zero-order valence-corrected chi connectivity index (χ0v) is 34.0. The van der Waals surface area contributed by atoms with Crippen molar-refractivity contribution in [1.82, 2.24) is 4.57 Å². The molecule has 1 aromatic heterocycles. The Morgan fingerprint density at radius 2 is 0.774 bits per heavy atom. The second-order valence-corrected chi connectivity index (χ2v) is 16.1. The first-order valence-corrected chi connectivity index (χ1v) is 21.3. The maximum atomic E-state index is 3.85. The molecule has 290 valence electrons. The van der Waals surface area contributed by atoms with Crippen LogP contribution in [0.5, 0.6) is 0 Å². The van der Waals surface area contributed by atoms with Crippen molar-refractivity contribution in [3.8, 4) is 50.2 Å². The number of fused-ring (bicyclic) bond motifs is 6. The second-order valence-electron chi connectivity index (χ2n) is 16.1. The highest BCUT2D eigenvalue weighted by molar-refractivity contribution is 6.21. The molecule has 0 aliphatic rings. The van der Waals surface area contributed by atoms with Gasteiger partial charge in [-0.15, -0.1) is 0 Å². The van der Waals surface area contributed by atoms with Crippen LogP contribution in [0, 0.1) is 0 Å². The van der Waals surface area contributed by atoms with Crippen molar-refractivity contribution in [2.75, 3.05) is 5.32 Å². The Bertz CT molecular complexity index is 3560. The largest absolute Gasteiger partial charge is 0.355 e. The maximum absolute atomic E-state index is 3.85. The summed E-state index contributed by atoms with van der Waals surface area (Å²) in [5, 5.41) is 13.8. The van der Waals surface area contributed by atoms with Gasteiger partial charge in [-0.25, -0.2) is 0 Å². The molecule has 1 heterocycles. The lowest BCUT2D eigenvalue weighted by Crippen LogP contribution is -1.97. The van der Waals surface area contributed by atoms with Crippen molar-refractivity contribution >= 4 is 65.5 Å². The van der Waals surface area contributed by atoms with Crippen LogP contribution >= 0.6 is 0 Å². The van der Waals surface area contributed by atoms with E-state index in [1.165, 1.54) is 93.1 Å². The average Bonchev–Trinajstić information content (AvgIpc) is 3.68. The Balaban J connectivity index is 0.991. The van der Waals surface area contributed by atoms with Crippen LogP contribution in [-0.2, 0) is 0 Å². The summed E-state index contributed by atoms with van der Waals surface area (Å²) < 4.78 is 2.43. The fraction of sp³-hybridized carbons (Fsp3) is 0. The Labute approximate surface area is 360 Å². The topological polar surface area (TPSA) is 17.0 Å². The predicted octanol–water partition coefficient (Wildman–Crippen LogP) is 16.7. The van der Waals surface area contributed by atoms with E-state index in [4.69, 9.17) is 0 Å². The number of nitrogens with one attached hydrogen (secondary N) is 1. The summed E-state index contributed by atoms with van der Waals surface area (Å²) in [7, 11) is 0. The molecule has 0 unspecified atom stereocenters. The Morgan fingerprint density at radius 3 is 1.42 bits per heavy atom. The smallest absolute Gasteiger partial charge is 0.0620 e. The van der Waals surface area contributed by atoms with Crippen molar-refractivity contribution in [3.05, 3.63) is 237 Å². The van der Waals surface area contributed by atoms with Gasteiger partial charge < -0.3 is 9.88 Å². The third-order valence-electron chi connectivity index (χ3n) is 12.5. The Kier molecular flexibility index (Phi) is 8.53. The Hall–Kier alpha value is -8.20. The van der Waals surface area contributed by atoms with Gasteiger partial charge in [0.05, 0.1) is 11.0 Å². The van der Waals surface area contributed by atoms with Crippen molar-refractivity contribution in [1.29, 1.82) is 0 Å². The van der Waals surface area contributed by atoms with Crippen molar-refractivity contribution in [3.63, 3.8) is 0 Å². The van der Waals surface area contributed by atoms with Gasteiger partial charge in [0.2, 0.25) is 0 Å². The molecule has 62 heavy (non-hydrogen) atoms. The summed E-state index contributed by atoms with van der Waals surface area (Å²) in [5.74, 6) is 0. The molecule has 12 aromatic rings. The highest BCUT2D eigenvalue weighted by atomic mass is 15.0. The molecule has 2 nitrogen and oxygen atoms in total. The third kappa shape index (κ3) is 5.96. The minimum atomic E-state index is 1.03. The molecule has 12 rings (SSSR count). The molecule has 0 amide bonds. The molecule has 0 aliphatic carbocycles. The van der Waals surface area contributed by atoms with Gasteiger partial charge in [-0.1, -0.05) is 194 Å². The number of rotatable bonds is 7. The molecule has 1 N–H and O–H groups in total. The van der Waals surface area contributed by atoms with E-state index < -0.39 is 0 Å². The molecular formula is C60H40N2. The van der Waals surface area contributed by atoms with E-state index in [2.05, 4.69) is 246 Å². The van der Waals surface area contributed by atoms with E-state index in [-0.39, 0.29) is 0 Å². The molecule has 0 aliphatic heterocycles. The molecule has 0 atom stereocenters. The summed E-state index contributed by atoms with van der Waals surface area (Å²) in [4.78, 5) is 0. The number of hydrogen-bond acceptors (Lipinski definition) is 1. The zero-order chi connectivity index (χ0) is 41.0. The molecule has 2 heteroatoms. The molecular weight excluding hydrogens is 749 g/mol. The van der Waals surface area contributed by atoms with E-state index in [9.17, 15) is 0 Å². The van der Waals surface area contributed by atoms with Gasteiger partial charge >= 0.3 is 0 Å². The highest BCUT2D eigenvalue weighted by Crippen LogP contribution is 2.45. The number of hydrogen-bond donors (Lipinski definition) is 1. The van der Waals surface area contributed by atoms with E-state index in [0.717, 1.165) is 22.6 Å². The lowest BCUT2D eigenvalue weighted by Gasteiger charge is -2.18. The lowest BCUT2D eigenvalue weighted by atomic mass is 9.86. The summed E-state index contributed by atoms with van der Waals surface area (Å²) in [6, 6.07) is 85.9. The summed E-state index contributed by atoms with van der Waals surface area (Å²) in [6.45, 7) is 0. The first kappa shape index (κ1) is 35.7. The van der Waals surface area contributed by atoms with Crippen LogP contribution in [0.3, 0.4) is 0 Å². The van der Waals surface area contributed by atoms with Crippen molar-refractivity contribution in [2.24, 2.45) is 0 Å². The number of aromatic nitrogens is 1. The number of nitrogens with zero attached hydrogens (tertiary/aromatic N) is 1. The SMILES string of the molecule is c1ccc(-c2c3ccccc3c(-c3ccc(Nc4cc(-c5ccc(-c6cccc7ccccc67)cc5)c5c(c4)c4ccccc4n5-c4ccccc4)cc3)c3ccccc23)cc1. The third-order valence-corrected chi connectivity index (χ3v) is 12.5. The van der Waals surface area contributed by atoms with Gasteiger partial charge in [0, 0.05) is 33.4 Å². The molecule has 0 fully saturated rings. The molecule has 0 bridgehead atoms. The maximum Gasteiger partial charge on any atom is 0.0620 e. The average molecular weight is 789 g/mol. The number of para-hydroxylation sites is 2. The van der Waals surface area contributed by atoms with E-state index in [1.807, 2.05) is 0 Å². The van der Waals surface area contributed by atoms with Gasteiger partial charge in [-0.3, -0.25) is 0 Å². The van der Waals surface area contributed by atoms with Crippen LogP contribution in [0.1, 0.15) is 0 Å². The van der Waals surface area contributed by atoms with Crippen LogP contribution in [0.2, 0.25) is 0 Å². The van der Waals surface area contributed by atoms with Gasteiger partial charge in [0.1, 0.15) is 0 Å². The van der Waals surface area contributed by atoms with Crippen LogP contribution in [0.4, 0.5) is 11.4 Å². The number of anilines is 2. The lowest BCUT2D eigenvalue weighted by molar-refractivity contribution is 1.18. The van der Waals surface area contributed by atoms with Gasteiger partial charge in [-0.05, 0) is 114 Å². The van der Waals surface area contributed by atoms with Crippen LogP contribution in [0.25, 0.3) is 104 Å². The predicted molar refractivity (Wildman–Crippen MR) is 265 cm³/mol. The molecule has 0 spiro atoms. The minimum absolute atomic E-state index is 1.03. The number of benzene rings is 11. The van der Waals surface area contributed by atoms with Crippen LogP contribution in [-0.4, -0.2) is 4.57 Å². The van der Waals surface area contributed by atoms with E-state index >= 15 is 0 Å². The monoisotopic (exact) mass is 788 g/mol.